The third-order valence-electron chi connectivity index (χ3n) is 4.03. The summed E-state index contributed by atoms with van der Waals surface area (Å²) >= 11 is 0. The zero-order valence-corrected chi connectivity index (χ0v) is 16.2. The molecule has 0 aromatic heterocycles. The number of nitrogens with one attached hydrogen (secondary N) is 2. The summed E-state index contributed by atoms with van der Waals surface area (Å²) in [5, 5.41) is 2.71. The molecule has 1 unspecified atom stereocenters. The van der Waals surface area contributed by atoms with E-state index < -0.39 is 22.0 Å². The van der Waals surface area contributed by atoms with Crippen molar-refractivity contribution in [2.24, 2.45) is 0 Å². The van der Waals surface area contributed by atoms with Crippen molar-refractivity contribution in [2.45, 2.75) is 38.1 Å². The Balaban J connectivity index is 2.07. The number of sulfonamides is 1. The van der Waals surface area contributed by atoms with Gasteiger partial charge in [0.1, 0.15) is 5.75 Å². The number of carbonyl (C=O) groups is 1. The number of hydrogen-bond acceptors (Lipinski definition) is 4. The van der Waals surface area contributed by atoms with Gasteiger partial charge in [0.25, 0.3) is 0 Å². The number of anilines is 1. The minimum atomic E-state index is -3.82. The van der Waals surface area contributed by atoms with Gasteiger partial charge in [0.15, 0.2) is 0 Å². The molecule has 0 bridgehead atoms. The first-order valence-corrected chi connectivity index (χ1v) is 9.82. The van der Waals surface area contributed by atoms with Crippen LogP contribution in [0.15, 0.2) is 47.4 Å². The third-order valence-corrected chi connectivity index (χ3v) is 5.57. The van der Waals surface area contributed by atoms with E-state index in [1.54, 1.807) is 25.1 Å². The van der Waals surface area contributed by atoms with Crippen LogP contribution in [0.1, 0.15) is 25.0 Å². The number of methoxy groups -OCH3 is 1. The van der Waals surface area contributed by atoms with Gasteiger partial charge >= 0.3 is 0 Å². The van der Waals surface area contributed by atoms with E-state index in [1.807, 2.05) is 19.1 Å². The smallest absolute Gasteiger partial charge is 0.242 e. The summed E-state index contributed by atoms with van der Waals surface area (Å²) < 4.78 is 32.5. The zero-order chi connectivity index (χ0) is 19.3. The summed E-state index contributed by atoms with van der Waals surface area (Å²) in [5.41, 5.74) is 2.48. The number of rotatable bonds is 7. The molecule has 0 saturated carbocycles. The predicted molar refractivity (Wildman–Crippen MR) is 102 cm³/mol. The molecule has 0 saturated heterocycles. The van der Waals surface area contributed by atoms with Crippen molar-refractivity contribution in [3.63, 3.8) is 0 Å². The third kappa shape index (κ3) is 4.83. The van der Waals surface area contributed by atoms with Gasteiger partial charge in [-0.1, -0.05) is 19.1 Å². The highest BCUT2D eigenvalue weighted by Gasteiger charge is 2.22. The Morgan fingerprint density at radius 1 is 1.15 bits per heavy atom. The van der Waals surface area contributed by atoms with Crippen LogP contribution in [0.25, 0.3) is 0 Å². The van der Waals surface area contributed by atoms with Crippen LogP contribution >= 0.6 is 0 Å². The van der Waals surface area contributed by atoms with Gasteiger partial charge < -0.3 is 10.1 Å². The van der Waals surface area contributed by atoms with Gasteiger partial charge in [0.05, 0.1) is 18.0 Å². The van der Waals surface area contributed by atoms with Crippen LogP contribution in [0, 0.1) is 6.92 Å². The van der Waals surface area contributed by atoms with E-state index >= 15 is 0 Å². The van der Waals surface area contributed by atoms with Crippen molar-refractivity contribution in [1.29, 1.82) is 0 Å². The average molecular weight is 376 g/mol. The van der Waals surface area contributed by atoms with Gasteiger partial charge in [-0.05, 0) is 61.7 Å². The molecular weight excluding hydrogens is 352 g/mol. The van der Waals surface area contributed by atoms with Crippen molar-refractivity contribution in [2.75, 3.05) is 12.4 Å². The second-order valence-electron chi connectivity index (χ2n) is 6.01. The lowest BCUT2D eigenvalue weighted by Crippen LogP contribution is -2.41. The molecule has 1 amide bonds. The van der Waals surface area contributed by atoms with Crippen LogP contribution in [0.3, 0.4) is 0 Å². The predicted octanol–water partition coefficient (Wildman–Crippen LogP) is 2.87. The highest BCUT2D eigenvalue weighted by molar-refractivity contribution is 7.89. The van der Waals surface area contributed by atoms with Gasteiger partial charge in [-0.2, -0.15) is 4.72 Å². The molecular formula is C19H24N2O4S. The summed E-state index contributed by atoms with van der Waals surface area (Å²) in [7, 11) is -2.30. The second-order valence-corrected chi connectivity index (χ2v) is 7.73. The van der Waals surface area contributed by atoms with Crippen LogP contribution in [0.5, 0.6) is 5.75 Å². The molecule has 26 heavy (non-hydrogen) atoms. The largest absolute Gasteiger partial charge is 0.496 e. The van der Waals surface area contributed by atoms with Gasteiger partial charge in [-0.25, -0.2) is 8.42 Å². The van der Waals surface area contributed by atoms with Crippen molar-refractivity contribution in [1.82, 2.24) is 4.72 Å². The first-order chi connectivity index (χ1) is 12.3. The first kappa shape index (κ1) is 19.9. The van der Waals surface area contributed by atoms with E-state index in [0.29, 0.717) is 17.0 Å². The highest BCUT2D eigenvalue weighted by Crippen LogP contribution is 2.21. The van der Waals surface area contributed by atoms with Crippen LogP contribution in [-0.2, 0) is 21.2 Å². The lowest BCUT2D eigenvalue weighted by Gasteiger charge is -2.15. The number of amides is 1. The molecule has 2 aromatic rings. The van der Waals surface area contributed by atoms with E-state index in [4.69, 9.17) is 4.74 Å². The molecule has 0 spiro atoms. The van der Waals surface area contributed by atoms with Gasteiger partial charge in [0, 0.05) is 5.69 Å². The van der Waals surface area contributed by atoms with Crippen molar-refractivity contribution in [3.05, 3.63) is 53.6 Å². The fraction of sp³-hybridized carbons (Fsp3) is 0.316. The monoisotopic (exact) mass is 376 g/mol. The Kier molecular flexibility index (Phi) is 6.39. The lowest BCUT2D eigenvalue weighted by molar-refractivity contribution is -0.117. The molecule has 1 atom stereocenters. The topological polar surface area (TPSA) is 84.5 Å². The zero-order valence-electron chi connectivity index (χ0n) is 15.4. The normalized spacial score (nSPS) is 12.5. The lowest BCUT2D eigenvalue weighted by atomic mass is 10.1. The summed E-state index contributed by atoms with van der Waals surface area (Å²) in [5.74, 6) is 0.174. The molecule has 0 heterocycles. The van der Waals surface area contributed by atoms with Crippen molar-refractivity contribution in [3.8, 4) is 5.75 Å². The Labute approximate surface area is 154 Å². The fourth-order valence-electron chi connectivity index (χ4n) is 2.45. The molecule has 2 N–H and O–H groups in total. The van der Waals surface area contributed by atoms with E-state index in [2.05, 4.69) is 10.0 Å². The van der Waals surface area contributed by atoms with Crippen LogP contribution in [0.4, 0.5) is 5.69 Å². The van der Waals surface area contributed by atoms with Crippen LogP contribution in [-0.4, -0.2) is 27.5 Å². The highest BCUT2D eigenvalue weighted by atomic mass is 32.2. The molecule has 0 fully saturated rings. The molecule has 0 radical (unpaired) electrons. The SMILES string of the molecule is CCc1ccc(NC(=O)C(C)NS(=O)(=O)c2ccc(OC)c(C)c2)cc1. The quantitative estimate of drug-likeness (QED) is 0.778. The van der Waals surface area contributed by atoms with Gasteiger partial charge in [-0.3, -0.25) is 4.79 Å². The summed E-state index contributed by atoms with van der Waals surface area (Å²) in [6, 6.07) is 11.1. The molecule has 0 aliphatic carbocycles. The average Bonchev–Trinajstić information content (AvgIpc) is 2.61. The summed E-state index contributed by atoms with van der Waals surface area (Å²) in [6.07, 6.45) is 0.908. The number of carbonyl (C=O) groups excluding carboxylic acids is 1. The molecule has 0 aliphatic rings. The maximum absolute atomic E-state index is 12.5. The molecule has 140 valence electrons. The Morgan fingerprint density at radius 3 is 2.35 bits per heavy atom. The molecule has 0 aliphatic heterocycles. The number of hydrogen-bond donors (Lipinski definition) is 2. The van der Waals surface area contributed by atoms with Crippen LogP contribution in [0.2, 0.25) is 0 Å². The first-order valence-electron chi connectivity index (χ1n) is 8.33. The number of benzene rings is 2. The molecule has 7 heteroatoms. The van der Waals surface area contributed by atoms with E-state index in [1.165, 1.54) is 26.2 Å². The second kappa shape index (κ2) is 8.33. The summed E-state index contributed by atoms with van der Waals surface area (Å²) in [6.45, 7) is 5.31. The van der Waals surface area contributed by atoms with E-state index in [9.17, 15) is 13.2 Å². The van der Waals surface area contributed by atoms with Crippen molar-refractivity contribution < 1.29 is 17.9 Å². The Hall–Kier alpha value is -2.38. The Morgan fingerprint density at radius 2 is 1.81 bits per heavy atom. The number of ether oxygens (including phenoxy) is 1. The molecule has 6 nitrogen and oxygen atoms in total. The number of aryl methyl sites for hydroxylation is 2. The van der Waals surface area contributed by atoms with Gasteiger partial charge in [0.2, 0.25) is 15.9 Å². The maximum atomic E-state index is 12.5. The van der Waals surface area contributed by atoms with Gasteiger partial charge in [-0.15, -0.1) is 0 Å². The fourth-order valence-corrected chi connectivity index (χ4v) is 3.73. The minimum absolute atomic E-state index is 0.0859. The summed E-state index contributed by atoms with van der Waals surface area (Å²) in [4.78, 5) is 12.4. The molecule has 2 aromatic carbocycles. The Bertz CT molecular complexity index is 877. The van der Waals surface area contributed by atoms with E-state index in [-0.39, 0.29) is 4.90 Å². The van der Waals surface area contributed by atoms with Crippen LogP contribution < -0.4 is 14.8 Å². The minimum Gasteiger partial charge on any atom is -0.496 e. The maximum Gasteiger partial charge on any atom is 0.242 e. The molecule has 2 rings (SSSR count). The van der Waals surface area contributed by atoms with E-state index in [0.717, 1.165) is 12.0 Å². The van der Waals surface area contributed by atoms with Crippen molar-refractivity contribution >= 4 is 21.6 Å². The standard InChI is InChI=1S/C19H24N2O4S/c1-5-15-6-8-16(9-7-15)20-19(22)14(3)21-26(23,24)17-10-11-18(25-4)13(2)12-17/h6-12,14,21H,5H2,1-4H3,(H,20,22).